The summed E-state index contributed by atoms with van der Waals surface area (Å²) in [5.41, 5.74) is 0.460. The normalized spacial score (nSPS) is 12.0. The van der Waals surface area contributed by atoms with Gasteiger partial charge in [-0.15, -0.1) is 0 Å². The van der Waals surface area contributed by atoms with Crippen LogP contribution in [0.4, 0.5) is 13.2 Å². The molecular weight excluding hydrogens is 193 g/mol. The quantitative estimate of drug-likeness (QED) is 0.715. The van der Waals surface area contributed by atoms with Crippen LogP contribution in [-0.4, -0.2) is 13.3 Å². The van der Waals surface area contributed by atoms with Crippen molar-refractivity contribution in [3.05, 3.63) is 35.9 Å². The Labute approximate surface area is 79.8 Å². The standard InChI is InChI=1S/C10H9F3O/c1-14-9-4-2-3-8(7-9)5-6-10(11,12)13/h2-7H,1H3/b6-5+. The van der Waals surface area contributed by atoms with E-state index in [1.807, 2.05) is 0 Å². The lowest BCUT2D eigenvalue weighted by Gasteiger charge is -2.01. The fraction of sp³-hybridized carbons (Fsp3) is 0.200. The summed E-state index contributed by atoms with van der Waals surface area (Å²) < 4.78 is 40.3. The Hall–Kier alpha value is -1.45. The average molecular weight is 202 g/mol. The van der Waals surface area contributed by atoms with Crippen molar-refractivity contribution in [2.45, 2.75) is 6.18 Å². The van der Waals surface area contributed by atoms with E-state index in [1.165, 1.54) is 13.2 Å². The van der Waals surface area contributed by atoms with E-state index >= 15 is 0 Å². The van der Waals surface area contributed by atoms with E-state index in [-0.39, 0.29) is 6.08 Å². The van der Waals surface area contributed by atoms with Gasteiger partial charge in [0.25, 0.3) is 0 Å². The van der Waals surface area contributed by atoms with Crippen molar-refractivity contribution in [2.75, 3.05) is 7.11 Å². The summed E-state index contributed by atoms with van der Waals surface area (Å²) in [7, 11) is 1.46. The van der Waals surface area contributed by atoms with Crippen molar-refractivity contribution in [1.29, 1.82) is 0 Å². The maximum atomic E-state index is 11.8. The smallest absolute Gasteiger partial charge is 0.409 e. The highest BCUT2D eigenvalue weighted by Crippen LogP contribution is 2.19. The molecule has 0 radical (unpaired) electrons. The Morgan fingerprint density at radius 3 is 2.57 bits per heavy atom. The number of hydrogen-bond acceptors (Lipinski definition) is 1. The van der Waals surface area contributed by atoms with Crippen LogP contribution in [0.2, 0.25) is 0 Å². The molecule has 0 heterocycles. The molecule has 0 saturated heterocycles. The number of methoxy groups -OCH3 is 1. The minimum atomic E-state index is -4.27. The van der Waals surface area contributed by atoms with Crippen LogP contribution < -0.4 is 4.74 Å². The van der Waals surface area contributed by atoms with E-state index in [2.05, 4.69) is 0 Å². The Morgan fingerprint density at radius 2 is 2.00 bits per heavy atom. The summed E-state index contributed by atoms with van der Waals surface area (Å²) in [5.74, 6) is 0.536. The molecule has 0 aliphatic carbocycles. The van der Waals surface area contributed by atoms with Gasteiger partial charge in [0, 0.05) is 6.08 Å². The van der Waals surface area contributed by atoms with Gasteiger partial charge in [-0.3, -0.25) is 0 Å². The molecule has 1 rings (SSSR count). The molecule has 4 heteroatoms. The first kappa shape index (κ1) is 10.6. The van der Waals surface area contributed by atoms with Crippen LogP contribution in [0, 0.1) is 0 Å². The van der Waals surface area contributed by atoms with Crippen LogP contribution in [0.5, 0.6) is 5.75 Å². The van der Waals surface area contributed by atoms with Gasteiger partial charge in [0.2, 0.25) is 0 Å². The summed E-state index contributed by atoms with van der Waals surface area (Å²) in [4.78, 5) is 0. The van der Waals surface area contributed by atoms with Gasteiger partial charge < -0.3 is 4.74 Å². The van der Waals surface area contributed by atoms with Gasteiger partial charge >= 0.3 is 6.18 Å². The lowest BCUT2D eigenvalue weighted by molar-refractivity contribution is -0.0790. The fourth-order valence-corrected chi connectivity index (χ4v) is 0.936. The molecule has 76 valence electrons. The molecule has 0 fully saturated rings. The van der Waals surface area contributed by atoms with Crippen LogP contribution >= 0.6 is 0 Å². The SMILES string of the molecule is COc1cccc(/C=C/C(F)(F)F)c1. The third-order valence-corrected chi connectivity index (χ3v) is 1.56. The van der Waals surface area contributed by atoms with E-state index in [1.54, 1.807) is 18.2 Å². The fourth-order valence-electron chi connectivity index (χ4n) is 0.936. The molecule has 0 saturated carbocycles. The second-order valence-corrected chi connectivity index (χ2v) is 2.65. The molecule has 1 aromatic rings. The molecule has 0 aliphatic heterocycles. The van der Waals surface area contributed by atoms with Gasteiger partial charge in [0.05, 0.1) is 7.11 Å². The molecule has 0 amide bonds. The van der Waals surface area contributed by atoms with Crippen molar-refractivity contribution in [3.8, 4) is 5.75 Å². The number of halogens is 3. The lowest BCUT2D eigenvalue weighted by atomic mass is 10.2. The predicted molar refractivity (Wildman–Crippen MR) is 48.1 cm³/mol. The van der Waals surface area contributed by atoms with Crippen LogP contribution in [0.3, 0.4) is 0 Å². The molecule has 1 nitrogen and oxygen atoms in total. The van der Waals surface area contributed by atoms with E-state index in [0.29, 0.717) is 11.3 Å². The number of rotatable bonds is 2. The lowest BCUT2D eigenvalue weighted by Crippen LogP contribution is -2.00. The maximum absolute atomic E-state index is 11.8. The molecule has 0 atom stereocenters. The van der Waals surface area contributed by atoms with Gasteiger partial charge in [-0.1, -0.05) is 12.1 Å². The van der Waals surface area contributed by atoms with E-state index < -0.39 is 6.18 Å². The zero-order valence-electron chi connectivity index (χ0n) is 7.51. The Bertz CT molecular complexity index is 328. The number of allylic oxidation sites excluding steroid dienone is 1. The molecule has 0 aromatic heterocycles. The largest absolute Gasteiger partial charge is 0.497 e. The minimum Gasteiger partial charge on any atom is -0.497 e. The van der Waals surface area contributed by atoms with Crippen LogP contribution in [0.15, 0.2) is 30.3 Å². The second kappa shape index (κ2) is 4.17. The molecular formula is C10H9F3O. The molecule has 14 heavy (non-hydrogen) atoms. The molecule has 0 aliphatic rings. The summed E-state index contributed by atoms with van der Waals surface area (Å²) in [6.45, 7) is 0. The predicted octanol–water partition coefficient (Wildman–Crippen LogP) is 3.27. The van der Waals surface area contributed by atoms with Gasteiger partial charge in [-0.25, -0.2) is 0 Å². The van der Waals surface area contributed by atoms with Gasteiger partial charge in [-0.2, -0.15) is 13.2 Å². The number of alkyl halides is 3. The molecule has 0 N–H and O–H groups in total. The van der Waals surface area contributed by atoms with Gasteiger partial charge in [0.15, 0.2) is 0 Å². The van der Waals surface area contributed by atoms with Crippen molar-refractivity contribution in [3.63, 3.8) is 0 Å². The minimum absolute atomic E-state index is 0.196. The monoisotopic (exact) mass is 202 g/mol. The van der Waals surface area contributed by atoms with Crippen molar-refractivity contribution < 1.29 is 17.9 Å². The summed E-state index contributed by atoms with van der Waals surface area (Å²) in [5, 5.41) is 0. The van der Waals surface area contributed by atoms with Crippen LogP contribution in [0.1, 0.15) is 5.56 Å². The highest BCUT2D eigenvalue weighted by molar-refractivity contribution is 5.52. The van der Waals surface area contributed by atoms with Crippen molar-refractivity contribution >= 4 is 6.08 Å². The highest BCUT2D eigenvalue weighted by atomic mass is 19.4. The number of hydrogen-bond donors (Lipinski definition) is 0. The van der Waals surface area contributed by atoms with Gasteiger partial charge in [-0.05, 0) is 23.8 Å². The highest BCUT2D eigenvalue weighted by Gasteiger charge is 2.21. The summed E-state index contributed by atoms with van der Waals surface area (Å²) in [6.07, 6.45) is -3.08. The Balaban J connectivity index is 2.82. The zero-order chi connectivity index (χ0) is 10.6. The summed E-state index contributed by atoms with van der Waals surface area (Å²) >= 11 is 0. The first-order valence-electron chi connectivity index (χ1n) is 3.91. The third-order valence-electron chi connectivity index (χ3n) is 1.56. The van der Waals surface area contributed by atoms with E-state index in [0.717, 1.165) is 6.08 Å². The maximum Gasteiger partial charge on any atom is 0.409 e. The van der Waals surface area contributed by atoms with Crippen molar-refractivity contribution in [1.82, 2.24) is 0 Å². The number of benzene rings is 1. The second-order valence-electron chi connectivity index (χ2n) is 2.65. The Morgan fingerprint density at radius 1 is 1.29 bits per heavy atom. The zero-order valence-corrected chi connectivity index (χ0v) is 7.51. The molecule has 1 aromatic carbocycles. The van der Waals surface area contributed by atoms with E-state index in [9.17, 15) is 13.2 Å². The first-order chi connectivity index (χ1) is 6.51. The third kappa shape index (κ3) is 3.51. The van der Waals surface area contributed by atoms with Crippen molar-refractivity contribution in [2.24, 2.45) is 0 Å². The Kier molecular flexibility index (Phi) is 3.17. The van der Waals surface area contributed by atoms with Gasteiger partial charge in [0.1, 0.15) is 5.75 Å². The molecule has 0 spiro atoms. The topological polar surface area (TPSA) is 9.23 Å². The first-order valence-corrected chi connectivity index (χ1v) is 3.91. The number of ether oxygens (including phenoxy) is 1. The summed E-state index contributed by atoms with van der Waals surface area (Å²) in [6, 6.07) is 6.41. The van der Waals surface area contributed by atoms with Crippen LogP contribution in [0.25, 0.3) is 6.08 Å². The van der Waals surface area contributed by atoms with E-state index in [4.69, 9.17) is 4.74 Å². The molecule has 0 unspecified atom stereocenters. The molecule has 0 bridgehead atoms. The van der Waals surface area contributed by atoms with Crippen LogP contribution in [-0.2, 0) is 0 Å². The average Bonchev–Trinajstić information content (AvgIpc) is 2.14.